The lowest BCUT2D eigenvalue weighted by Crippen LogP contribution is -2.30. The van der Waals surface area contributed by atoms with E-state index in [0.29, 0.717) is 25.7 Å². The zero-order chi connectivity index (χ0) is 48.3. The Kier molecular flexibility index (Phi) is 49.8. The molecule has 1 unspecified atom stereocenters. The Hall–Kier alpha value is -1.71. The number of esters is 3. The van der Waals surface area contributed by atoms with Crippen molar-refractivity contribution in [3.05, 3.63) is 0 Å². The molecule has 0 aromatic heterocycles. The summed E-state index contributed by atoms with van der Waals surface area (Å²) in [6, 6.07) is 0. The largest absolute Gasteiger partial charge is 0.462 e. The summed E-state index contributed by atoms with van der Waals surface area (Å²) in [5, 5.41) is 26.8. The van der Waals surface area contributed by atoms with Crippen LogP contribution in [0.25, 0.3) is 0 Å². The third kappa shape index (κ3) is 53.2. The quantitative estimate of drug-likeness (QED) is 0.0235. The highest BCUT2D eigenvalue weighted by Crippen LogP contribution is 2.18. The monoisotopic (exact) mass is 939 g/mol. The molecule has 9 nitrogen and oxygen atoms in total. The lowest BCUT2D eigenvalue weighted by atomic mass is 10.0. The van der Waals surface area contributed by atoms with Gasteiger partial charge in [0, 0.05) is 25.7 Å². The van der Waals surface area contributed by atoms with Crippen LogP contribution >= 0.6 is 0 Å². The van der Waals surface area contributed by atoms with Gasteiger partial charge in [0.25, 0.3) is 5.97 Å². The molecule has 392 valence electrons. The summed E-state index contributed by atoms with van der Waals surface area (Å²) in [5.74, 6) is -3.43. The molecule has 0 bridgehead atoms. The minimum Gasteiger partial charge on any atom is -0.462 e. The van der Waals surface area contributed by atoms with Gasteiger partial charge in [0.1, 0.15) is 13.2 Å². The first-order valence-electron chi connectivity index (χ1n) is 28.9. The van der Waals surface area contributed by atoms with Crippen LogP contribution in [-0.2, 0) is 28.6 Å². The summed E-state index contributed by atoms with van der Waals surface area (Å²) < 4.78 is 16.8. The molecule has 0 radical (unpaired) electrons. The first-order chi connectivity index (χ1) is 32.2. The second-order valence-corrected chi connectivity index (χ2v) is 20.1. The van der Waals surface area contributed by atoms with Crippen molar-refractivity contribution in [2.75, 3.05) is 13.2 Å². The fourth-order valence-corrected chi connectivity index (χ4v) is 8.91. The van der Waals surface area contributed by atoms with Crippen LogP contribution in [0.3, 0.4) is 0 Å². The van der Waals surface area contributed by atoms with Crippen LogP contribution in [0.5, 0.6) is 0 Å². The highest BCUT2D eigenvalue weighted by Gasteiger charge is 2.20. The van der Waals surface area contributed by atoms with Gasteiger partial charge < -0.3 is 29.5 Å². The maximum Gasteiger partial charge on any atom is 0.306 e. The first-order valence-corrected chi connectivity index (χ1v) is 28.9. The third-order valence-electron chi connectivity index (χ3n) is 13.3. The van der Waals surface area contributed by atoms with Gasteiger partial charge in [-0.05, 0) is 25.7 Å². The molecular formula is C57H110O9. The number of hydrogen-bond donors (Lipinski definition) is 3. The number of unbranched alkanes of at least 4 members (excludes halogenated alkanes) is 41. The standard InChI is InChI=1S/C57H110O9/c1-3-5-7-9-11-13-15-17-19-23-27-31-35-39-43-47-54(58)64-51-53(66-56(60)49-45-41-37-33-29-25-20-18-16-14-12-10-8-6-4-2)52-65-55(59)48-44-40-36-32-28-24-21-22-26-30-34-38-42-46-50-57(61,62)63/h53,61-63H,3-52H2,1-2H3. The zero-order valence-corrected chi connectivity index (χ0v) is 43.7. The first kappa shape index (κ1) is 64.3. The van der Waals surface area contributed by atoms with Gasteiger partial charge >= 0.3 is 17.9 Å². The van der Waals surface area contributed by atoms with Crippen molar-refractivity contribution in [3.63, 3.8) is 0 Å². The maximum absolute atomic E-state index is 12.8. The van der Waals surface area contributed by atoms with Crippen LogP contribution in [-0.4, -0.2) is 58.5 Å². The van der Waals surface area contributed by atoms with Crippen molar-refractivity contribution in [3.8, 4) is 0 Å². The zero-order valence-electron chi connectivity index (χ0n) is 43.7. The van der Waals surface area contributed by atoms with Gasteiger partial charge in [-0.1, -0.05) is 271 Å². The lowest BCUT2D eigenvalue weighted by Gasteiger charge is -2.18. The molecule has 1 atom stereocenters. The van der Waals surface area contributed by atoms with E-state index in [1.165, 1.54) is 199 Å². The van der Waals surface area contributed by atoms with E-state index in [-0.39, 0.29) is 37.5 Å². The van der Waals surface area contributed by atoms with Gasteiger partial charge in [-0.2, -0.15) is 0 Å². The van der Waals surface area contributed by atoms with Crippen LogP contribution in [0.15, 0.2) is 0 Å². The summed E-state index contributed by atoms with van der Waals surface area (Å²) in [6.07, 6.45) is 53.4. The van der Waals surface area contributed by atoms with Crippen molar-refractivity contribution >= 4 is 17.9 Å². The molecule has 0 rings (SSSR count). The molecule has 66 heavy (non-hydrogen) atoms. The van der Waals surface area contributed by atoms with Crippen LogP contribution in [0.4, 0.5) is 0 Å². The van der Waals surface area contributed by atoms with Crippen molar-refractivity contribution < 1.29 is 43.9 Å². The Morgan fingerprint density at radius 2 is 0.530 bits per heavy atom. The topological polar surface area (TPSA) is 140 Å². The van der Waals surface area contributed by atoms with Gasteiger partial charge in [-0.25, -0.2) is 0 Å². The van der Waals surface area contributed by atoms with Gasteiger partial charge in [0.2, 0.25) is 0 Å². The van der Waals surface area contributed by atoms with Crippen molar-refractivity contribution in [2.45, 2.75) is 334 Å². The second-order valence-electron chi connectivity index (χ2n) is 20.1. The van der Waals surface area contributed by atoms with Gasteiger partial charge in [-0.15, -0.1) is 0 Å². The molecule has 0 amide bonds. The molecule has 0 saturated heterocycles. The number of aliphatic hydroxyl groups is 3. The predicted molar refractivity (Wildman–Crippen MR) is 274 cm³/mol. The van der Waals surface area contributed by atoms with Crippen LogP contribution < -0.4 is 0 Å². The summed E-state index contributed by atoms with van der Waals surface area (Å²) >= 11 is 0. The fourth-order valence-electron chi connectivity index (χ4n) is 8.91. The van der Waals surface area contributed by atoms with Gasteiger partial charge in [0.15, 0.2) is 6.10 Å². The average Bonchev–Trinajstić information content (AvgIpc) is 3.29. The van der Waals surface area contributed by atoms with Crippen LogP contribution in [0.2, 0.25) is 0 Å². The van der Waals surface area contributed by atoms with Crippen molar-refractivity contribution in [2.24, 2.45) is 0 Å². The number of carbonyl (C=O) groups excluding carboxylic acids is 3. The molecule has 0 aliphatic rings. The van der Waals surface area contributed by atoms with Crippen molar-refractivity contribution in [1.82, 2.24) is 0 Å². The van der Waals surface area contributed by atoms with E-state index in [1.807, 2.05) is 0 Å². The van der Waals surface area contributed by atoms with Crippen molar-refractivity contribution in [1.29, 1.82) is 0 Å². The van der Waals surface area contributed by atoms with E-state index in [2.05, 4.69) is 13.8 Å². The van der Waals surface area contributed by atoms with Gasteiger partial charge in [-0.3, -0.25) is 14.4 Å². The smallest absolute Gasteiger partial charge is 0.306 e. The van der Waals surface area contributed by atoms with E-state index >= 15 is 0 Å². The molecular weight excluding hydrogens is 829 g/mol. The molecule has 3 N–H and O–H groups in total. The SMILES string of the molecule is CCCCCCCCCCCCCCCCCC(=O)OCC(COC(=O)CCCCCCCCCCCCCCCCC(O)(O)O)OC(=O)CCCCCCCCCCCCCCCCC. The van der Waals surface area contributed by atoms with E-state index in [9.17, 15) is 14.4 Å². The Morgan fingerprint density at radius 1 is 0.318 bits per heavy atom. The van der Waals surface area contributed by atoms with Crippen LogP contribution in [0, 0.1) is 0 Å². The summed E-state index contributed by atoms with van der Waals surface area (Å²) in [7, 11) is 0. The molecule has 0 saturated carbocycles. The number of rotatable bonds is 54. The minimum absolute atomic E-state index is 0.00928. The highest BCUT2D eigenvalue weighted by atomic mass is 16.7. The molecule has 0 aliphatic heterocycles. The molecule has 0 spiro atoms. The Balaban J connectivity index is 4.30. The molecule has 0 aromatic carbocycles. The number of hydrogen-bond acceptors (Lipinski definition) is 9. The van der Waals surface area contributed by atoms with Gasteiger partial charge in [0.05, 0.1) is 0 Å². The Bertz CT molecular complexity index is 1030. The molecule has 0 fully saturated rings. The Labute approximate surface area is 407 Å². The summed E-state index contributed by atoms with van der Waals surface area (Å²) in [6.45, 7) is 4.36. The van der Waals surface area contributed by atoms with E-state index < -0.39 is 12.1 Å². The predicted octanol–water partition coefficient (Wildman–Crippen LogP) is 16.4. The second kappa shape index (κ2) is 51.1. The van der Waals surface area contributed by atoms with Crippen LogP contribution in [0.1, 0.15) is 322 Å². The summed E-state index contributed by atoms with van der Waals surface area (Å²) in [4.78, 5) is 38.1. The minimum atomic E-state index is -2.52. The third-order valence-corrected chi connectivity index (χ3v) is 13.3. The van der Waals surface area contributed by atoms with E-state index in [1.54, 1.807) is 0 Å². The van der Waals surface area contributed by atoms with E-state index in [4.69, 9.17) is 29.5 Å². The van der Waals surface area contributed by atoms with E-state index in [0.717, 1.165) is 77.0 Å². The maximum atomic E-state index is 12.8. The molecule has 0 heterocycles. The molecule has 9 heteroatoms. The Morgan fingerprint density at radius 3 is 0.773 bits per heavy atom. The average molecular weight is 939 g/mol. The molecule has 0 aliphatic carbocycles. The highest BCUT2D eigenvalue weighted by molar-refractivity contribution is 5.71. The fraction of sp³-hybridized carbons (Fsp3) is 0.947. The number of ether oxygens (including phenoxy) is 3. The molecule has 0 aromatic rings. The lowest BCUT2D eigenvalue weighted by molar-refractivity contribution is -0.315. The number of carbonyl (C=O) groups is 3. The normalized spacial score (nSPS) is 12.1. The summed E-state index contributed by atoms with van der Waals surface area (Å²) in [5.41, 5.74) is 0.